The van der Waals surface area contributed by atoms with Crippen molar-refractivity contribution in [3.05, 3.63) is 63.5 Å². The van der Waals surface area contributed by atoms with Crippen LogP contribution < -0.4 is 5.56 Å². The van der Waals surface area contributed by atoms with E-state index in [0.29, 0.717) is 22.4 Å². The Bertz CT molecular complexity index is 1190. The van der Waals surface area contributed by atoms with Crippen LogP contribution in [0.3, 0.4) is 0 Å². The molecule has 2 aromatic heterocycles. The number of rotatable bonds is 3. The molecule has 0 radical (unpaired) electrons. The molecule has 0 saturated heterocycles. The van der Waals surface area contributed by atoms with Gasteiger partial charge in [0.2, 0.25) is 5.82 Å². The zero-order valence-electron chi connectivity index (χ0n) is 15.1. The third-order valence-corrected chi connectivity index (χ3v) is 4.60. The SMILES string of the molecule is Cc1nc2cc(-c3noc(-c4ccc(Cl)cc4)n3)ccc2n(C(C)C)c1=O. The lowest BCUT2D eigenvalue weighted by molar-refractivity contribution is 0.432. The number of aromatic nitrogens is 4. The third-order valence-electron chi connectivity index (χ3n) is 4.34. The van der Waals surface area contributed by atoms with E-state index in [-0.39, 0.29) is 11.6 Å². The molecule has 136 valence electrons. The van der Waals surface area contributed by atoms with Crippen LogP contribution in [0, 0.1) is 6.92 Å². The Hall–Kier alpha value is -2.99. The summed E-state index contributed by atoms with van der Waals surface area (Å²) in [4.78, 5) is 21.3. The highest BCUT2D eigenvalue weighted by molar-refractivity contribution is 6.30. The molecule has 2 aromatic carbocycles. The highest BCUT2D eigenvalue weighted by Crippen LogP contribution is 2.26. The van der Waals surface area contributed by atoms with Gasteiger partial charge in [-0.2, -0.15) is 4.98 Å². The van der Waals surface area contributed by atoms with Crippen molar-refractivity contribution in [2.24, 2.45) is 0 Å². The summed E-state index contributed by atoms with van der Waals surface area (Å²) in [6.45, 7) is 5.68. The lowest BCUT2D eigenvalue weighted by atomic mass is 10.1. The summed E-state index contributed by atoms with van der Waals surface area (Å²) < 4.78 is 7.13. The molecule has 27 heavy (non-hydrogen) atoms. The minimum absolute atomic E-state index is 0.0363. The largest absolute Gasteiger partial charge is 0.334 e. The molecule has 0 aliphatic carbocycles. The van der Waals surface area contributed by atoms with Crippen molar-refractivity contribution in [3.8, 4) is 22.8 Å². The lowest BCUT2D eigenvalue weighted by Crippen LogP contribution is -2.25. The summed E-state index contributed by atoms with van der Waals surface area (Å²) in [6, 6.07) is 12.8. The van der Waals surface area contributed by atoms with E-state index in [1.807, 2.05) is 44.2 Å². The quantitative estimate of drug-likeness (QED) is 0.517. The lowest BCUT2D eigenvalue weighted by Gasteiger charge is -2.14. The summed E-state index contributed by atoms with van der Waals surface area (Å²) >= 11 is 5.92. The average molecular weight is 381 g/mol. The van der Waals surface area contributed by atoms with Gasteiger partial charge in [-0.1, -0.05) is 16.8 Å². The molecule has 0 aliphatic rings. The number of fused-ring (bicyclic) bond motifs is 1. The van der Waals surface area contributed by atoms with Gasteiger partial charge in [0.25, 0.3) is 11.4 Å². The Morgan fingerprint density at radius 3 is 2.44 bits per heavy atom. The van der Waals surface area contributed by atoms with E-state index >= 15 is 0 Å². The predicted molar refractivity (Wildman–Crippen MR) is 105 cm³/mol. The molecule has 0 amide bonds. The number of halogens is 1. The standard InChI is InChI=1S/C20H17ClN4O2/c1-11(2)25-17-9-6-14(10-16(17)22-12(3)20(25)26)18-23-19(27-24-18)13-4-7-15(21)8-5-13/h4-11H,1-3H3. The minimum Gasteiger partial charge on any atom is -0.334 e. The number of hydrogen-bond acceptors (Lipinski definition) is 5. The smallest absolute Gasteiger partial charge is 0.272 e. The summed E-state index contributed by atoms with van der Waals surface area (Å²) in [5.74, 6) is 0.877. The predicted octanol–water partition coefficient (Wildman–Crippen LogP) is 4.66. The van der Waals surface area contributed by atoms with Gasteiger partial charge in [0.1, 0.15) is 5.69 Å². The van der Waals surface area contributed by atoms with Crippen LogP contribution in [0.5, 0.6) is 0 Å². The third kappa shape index (κ3) is 3.13. The first-order valence-electron chi connectivity index (χ1n) is 8.57. The van der Waals surface area contributed by atoms with E-state index in [4.69, 9.17) is 16.1 Å². The molecule has 0 spiro atoms. The second kappa shape index (κ2) is 6.63. The van der Waals surface area contributed by atoms with E-state index in [2.05, 4.69) is 15.1 Å². The van der Waals surface area contributed by atoms with Crippen LogP contribution in [0.15, 0.2) is 51.8 Å². The van der Waals surface area contributed by atoms with Gasteiger partial charge >= 0.3 is 0 Å². The van der Waals surface area contributed by atoms with E-state index < -0.39 is 0 Å². The zero-order valence-corrected chi connectivity index (χ0v) is 15.9. The average Bonchev–Trinajstić information content (AvgIpc) is 3.13. The summed E-state index contributed by atoms with van der Waals surface area (Å²) in [6.07, 6.45) is 0. The first kappa shape index (κ1) is 17.4. The maximum atomic E-state index is 12.4. The first-order valence-corrected chi connectivity index (χ1v) is 8.95. The van der Waals surface area contributed by atoms with Crippen molar-refractivity contribution in [2.45, 2.75) is 26.8 Å². The van der Waals surface area contributed by atoms with Gasteiger partial charge in [-0.15, -0.1) is 0 Å². The Morgan fingerprint density at radius 1 is 1.04 bits per heavy atom. The molecule has 0 saturated carbocycles. The van der Waals surface area contributed by atoms with Gasteiger partial charge in [0, 0.05) is 22.2 Å². The van der Waals surface area contributed by atoms with Crippen LogP contribution in [-0.4, -0.2) is 19.7 Å². The van der Waals surface area contributed by atoms with Crippen molar-refractivity contribution >= 4 is 22.6 Å². The molecule has 0 unspecified atom stereocenters. The fraction of sp³-hybridized carbons (Fsp3) is 0.200. The second-order valence-corrected chi connectivity index (χ2v) is 7.04. The van der Waals surface area contributed by atoms with Crippen molar-refractivity contribution < 1.29 is 4.52 Å². The monoisotopic (exact) mass is 380 g/mol. The minimum atomic E-state index is -0.0742. The fourth-order valence-corrected chi connectivity index (χ4v) is 3.16. The van der Waals surface area contributed by atoms with Crippen molar-refractivity contribution in [1.29, 1.82) is 0 Å². The zero-order chi connectivity index (χ0) is 19.1. The number of aryl methyl sites for hydroxylation is 1. The van der Waals surface area contributed by atoms with Crippen LogP contribution in [-0.2, 0) is 0 Å². The molecule has 4 aromatic rings. The highest BCUT2D eigenvalue weighted by atomic mass is 35.5. The van der Waals surface area contributed by atoms with Gasteiger partial charge in [0.15, 0.2) is 0 Å². The highest BCUT2D eigenvalue weighted by Gasteiger charge is 2.15. The molecule has 0 aliphatic heterocycles. The molecular formula is C20H17ClN4O2. The maximum Gasteiger partial charge on any atom is 0.272 e. The first-order chi connectivity index (χ1) is 12.9. The molecular weight excluding hydrogens is 364 g/mol. The van der Waals surface area contributed by atoms with Gasteiger partial charge in [-0.3, -0.25) is 4.79 Å². The molecule has 0 fully saturated rings. The van der Waals surface area contributed by atoms with Crippen molar-refractivity contribution in [2.75, 3.05) is 0 Å². The Labute approximate surface area is 160 Å². The molecule has 0 N–H and O–H groups in total. The van der Waals surface area contributed by atoms with Gasteiger partial charge in [-0.05, 0) is 63.2 Å². The maximum absolute atomic E-state index is 12.4. The second-order valence-electron chi connectivity index (χ2n) is 6.60. The van der Waals surface area contributed by atoms with Crippen molar-refractivity contribution in [1.82, 2.24) is 19.7 Å². The van der Waals surface area contributed by atoms with Crippen LogP contribution in [0.4, 0.5) is 0 Å². The fourth-order valence-electron chi connectivity index (χ4n) is 3.03. The van der Waals surface area contributed by atoms with E-state index in [1.165, 1.54) is 0 Å². The van der Waals surface area contributed by atoms with E-state index in [9.17, 15) is 4.79 Å². The topological polar surface area (TPSA) is 73.8 Å². The number of nitrogens with zero attached hydrogens (tertiary/aromatic N) is 4. The van der Waals surface area contributed by atoms with Crippen LogP contribution in [0.1, 0.15) is 25.6 Å². The molecule has 0 bridgehead atoms. The molecule has 6 nitrogen and oxygen atoms in total. The van der Waals surface area contributed by atoms with Gasteiger partial charge < -0.3 is 9.09 Å². The molecule has 2 heterocycles. The molecule has 4 rings (SSSR count). The molecule has 7 heteroatoms. The Balaban J connectivity index is 1.80. The number of hydrogen-bond donors (Lipinski definition) is 0. The van der Waals surface area contributed by atoms with Gasteiger partial charge in [-0.25, -0.2) is 4.98 Å². The normalized spacial score (nSPS) is 11.4. The van der Waals surface area contributed by atoms with Gasteiger partial charge in [0.05, 0.1) is 11.0 Å². The van der Waals surface area contributed by atoms with E-state index in [0.717, 1.165) is 22.2 Å². The summed E-state index contributed by atoms with van der Waals surface area (Å²) in [7, 11) is 0. The Morgan fingerprint density at radius 2 is 1.74 bits per heavy atom. The number of benzene rings is 2. The van der Waals surface area contributed by atoms with E-state index in [1.54, 1.807) is 23.6 Å². The summed E-state index contributed by atoms with van der Waals surface area (Å²) in [5.41, 5.74) is 3.45. The van der Waals surface area contributed by atoms with Crippen LogP contribution in [0.25, 0.3) is 33.9 Å². The summed E-state index contributed by atoms with van der Waals surface area (Å²) in [5, 5.41) is 4.72. The van der Waals surface area contributed by atoms with Crippen LogP contribution >= 0.6 is 11.6 Å². The molecule has 0 atom stereocenters. The van der Waals surface area contributed by atoms with Crippen molar-refractivity contribution in [3.63, 3.8) is 0 Å². The van der Waals surface area contributed by atoms with Crippen LogP contribution in [0.2, 0.25) is 5.02 Å². The Kier molecular flexibility index (Phi) is 4.28.